The van der Waals surface area contributed by atoms with Crippen LogP contribution in [0.3, 0.4) is 0 Å². The van der Waals surface area contributed by atoms with Crippen molar-refractivity contribution >= 4 is 12.1 Å². The van der Waals surface area contributed by atoms with Crippen LogP contribution in [0.15, 0.2) is 0 Å². The van der Waals surface area contributed by atoms with Gasteiger partial charge in [0.25, 0.3) is 0 Å². The van der Waals surface area contributed by atoms with Gasteiger partial charge in [0, 0.05) is 0 Å². The Bertz CT molecular complexity index is 327. The predicted octanol–water partition coefficient (Wildman–Crippen LogP) is 1.46. The molecule has 0 saturated carbocycles. The van der Waals surface area contributed by atoms with Gasteiger partial charge in [0.15, 0.2) is 6.10 Å². The maximum Gasteiger partial charge on any atom is 0.407 e. The molecule has 0 heterocycles. The average molecular weight is 275 g/mol. The van der Waals surface area contributed by atoms with Crippen LogP contribution in [-0.4, -0.2) is 42.0 Å². The van der Waals surface area contributed by atoms with Gasteiger partial charge in [-0.25, -0.2) is 9.59 Å². The molecular formula is C13H25NO5. The highest BCUT2D eigenvalue weighted by Gasteiger charge is 2.38. The third-order valence-corrected chi connectivity index (χ3v) is 2.36. The quantitative estimate of drug-likeness (QED) is 0.762. The molecule has 2 atom stereocenters. The summed E-state index contributed by atoms with van der Waals surface area (Å²) in [5.74, 6) is -0.795. The number of rotatable bonds is 3. The topological polar surface area (TPSA) is 84.9 Å². The molecular weight excluding hydrogens is 250 g/mol. The molecule has 0 rings (SSSR count). The molecule has 0 spiro atoms. The number of aliphatic hydroxyl groups is 1. The van der Waals surface area contributed by atoms with E-state index in [0.29, 0.717) is 0 Å². The second-order valence-corrected chi connectivity index (χ2v) is 6.46. The molecule has 6 nitrogen and oxygen atoms in total. The monoisotopic (exact) mass is 275 g/mol. The number of nitrogens with one attached hydrogen (secondary N) is 1. The molecule has 0 fully saturated rings. The largest absolute Gasteiger partial charge is 0.467 e. The molecule has 0 bridgehead atoms. The van der Waals surface area contributed by atoms with E-state index in [-0.39, 0.29) is 0 Å². The van der Waals surface area contributed by atoms with E-state index >= 15 is 0 Å². The Hall–Kier alpha value is -1.30. The summed E-state index contributed by atoms with van der Waals surface area (Å²) in [6.07, 6.45) is -2.13. The summed E-state index contributed by atoms with van der Waals surface area (Å²) in [6.45, 7) is 10.6. The van der Waals surface area contributed by atoms with Gasteiger partial charge in [-0.05, 0) is 26.2 Å². The van der Waals surface area contributed by atoms with Crippen molar-refractivity contribution in [2.75, 3.05) is 7.11 Å². The van der Waals surface area contributed by atoms with Gasteiger partial charge >= 0.3 is 12.1 Å². The van der Waals surface area contributed by atoms with Crippen molar-refractivity contribution < 1.29 is 24.2 Å². The van der Waals surface area contributed by atoms with Crippen LogP contribution in [0.1, 0.15) is 41.5 Å². The highest BCUT2D eigenvalue weighted by Crippen LogP contribution is 2.23. The van der Waals surface area contributed by atoms with Crippen molar-refractivity contribution in [1.29, 1.82) is 0 Å². The molecule has 19 heavy (non-hydrogen) atoms. The second kappa shape index (κ2) is 6.23. The zero-order chi connectivity index (χ0) is 15.4. The number of hydrogen-bond donors (Lipinski definition) is 2. The Balaban J connectivity index is 4.90. The standard InChI is InChI=1S/C13H25NO5/c1-12(2,3)9(8(15)10(16)18-7)14-11(17)19-13(4,5)6/h8-9,15H,1-7H3,(H,14,17). The van der Waals surface area contributed by atoms with E-state index in [4.69, 9.17) is 4.74 Å². The fraction of sp³-hybridized carbons (Fsp3) is 0.846. The summed E-state index contributed by atoms with van der Waals surface area (Å²) in [5, 5.41) is 12.4. The summed E-state index contributed by atoms with van der Waals surface area (Å²) >= 11 is 0. The molecule has 0 aromatic rings. The van der Waals surface area contributed by atoms with Crippen molar-refractivity contribution in [2.45, 2.75) is 59.3 Å². The molecule has 2 unspecified atom stereocenters. The highest BCUT2D eigenvalue weighted by atomic mass is 16.6. The third-order valence-electron chi connectivity index (χ3n) is 2.36. The van der Waals surface area contributed by atoms with Crippen LogP contribution in [0.25, 0.3) is 0 Å². The Morgan fingerprint density at radius 2 is 1.58 bits per heavy atom. The first-order valence-electron chi connectivity index (χ1n) is 6.14. The van der Waals surface area contributed by atoms with E-state index in [1.807, 2.05) is 0 Å². The third kappa shape index (κ3) is 6.42. The highest BCUT2D eigenvalue weighted by molar-refractivity contribution is 5.77. The van der Waals surface area contributed by atoms with Crippen LogP contribution >= 0.6 is 0 Å². The van der Waals surface area contributed by atoms with E-state index in [1.165, 1.54) is 7.11 Å². The molecule has 0 radical (unpaired) electrons. The SMILES string of the molecule is COC(=O)C(O)C(NC(=O)OC(C)(C)C)C(C)(C)C. The maximum absolute atomic E-state index is 11.7. The van der Waals surface area contributed by atoms with E-state index in [0.717, 1.165) is 0 Å². The van der Waals surface area contributed by atoms with Crippen LogP contribution in [-0.2, 0) is 14.3 Å². The van der Waals surface area contributed by atoms with Crippen molar-refractivity contribution in [1.82, 2.24) is 5.32 Å². The van der Waals surface area contributed by atoms with Gasteiger partial charge in [0.05, 0.1) is 13.2 Å². The lowest BCUT2D eigenvalue weighted by atomic mass is 9.83. The minimum absolute atomic E-state index is 0.537. The molecule has 0 saturated heterocycles. The van der Waals surface area contributed by atoms with Gasteiger partial charge < -0.3 is 19.9 Å². The first kappa shape index (κ1) is 17.7. The van der Waals surface area contributed by atoms with Crippen LogP contribution in [0, 0.1) is 5.41 Å². The van der Waals surface area contributed by atoms with Gasteiger partial charge in [0.1, 0.15) is 5.60 Å². The van der Waals surface area contributed by atoms with Gasteiger partial charge in [-0.15, -0.1) is 0 Å². The summed E-state index contributed by atoms with van der Waals surface area (Å²) in [7, 11) is 1.18. The van der Waals surface area contributed by atoms with Crippen molar-refractivity contribution in [3.05, 3.63) is 0 Å². The smallest absolute Gasteiger partial charge is 0.407 e. The zero-order valence-electron chi connectivity index (χ0n) is 12.7. The molecule has 2 N–H and O–H groups in total. The number of hydrogen-bond acceptors (Lipinski definition) is 5. The molecule has 0 aromatic heterocycles. The van der Waals surface area contributed by atoms with Gasteiger partial charge in [-0.1, -0.05) is 20.8 Å². The fourth-order valence-electron chi connectivity index (χ4n) is 1.46. The van der Waals surface area contributed by atoms with Crippen LogP contribution in [0.5, 0.6) is 0 Å². The van der Waals surface area contributed by atoms with Crippen molar-refractivity contribution in [3.63, 3.8) is 0 Å². The lowest BCUT2D eigenvalue weighted by Crippen LogP contribution is -2.55. The van der Waals surface area contributed by atoms with Gasteiger partial charge in [-0.2, -0.15) is 0 Å². The first-order chi connectivity index (χ1) is 8.38. The second-order valence-electron chi connectivity index (χ2n) is 6.46. The number of methoxy groups -OCH3 is 1. The number of esters is 1. The normalized spacial score (nSPS) is 15.4. The van der Waals surface area contributed by atoms with Gasteiger partial charge in [0.2, 0.25) is 0 Å². The summed E-state index contributed by atoms with van der Waals surface area (Å²) in [4.78, 5) is 23.1. The first-order valence-corrected chi connectivity index (χ1v) is 6.14. The van der Waals surface area contributed by atoms with Crippen LogP contribution in [0.4, 0.5) is 4.79 Å². The molecule has 1 amide bonds. The zero-order valence-corrected chi connectivity index (χ0v) is 12.7. The summed E-state index contributed by atoms with van der Waals surface area (Å²) in [5.41, 5.74) is -1.19. The lowest BCUT2D eigenvalue weighted by Gasteiger charge is -2.34. The number of aliphatic hydroxyl groups excluding tert-OH is 1. The molecule has 6 heteroatoms. The minimum Gasteiger partial charge on any atom is -0.467 e. The Labute approximate surface area is 114 Å². The van der Waals surface area contributed by atoms with E-state index in [2.05, 4.69) is 10.1 Å². The molecule has 0 aliphatic rings. The van der Waals surface area contributed by atoms with Crippen LogP contribution < -0.4 is 5.32 Å². The number of carbonyl (C=O) groups excluding carboxylic acids is 2. The summed E-state index contributed by atoms with van der Waals surface area (Å²) < 4.78 is 9.60. The molecule has 0 aliphatic heterocycles. The predicted molar refractivity (Wildman–Crippen MR) is 70.6 cm³/mol. The molecule has 112 valence electrons. The summed E-state index contributed by atoms with van der Waals surface area (Å²) in [6, 6.07) is -0.810. The molecule has 0 aliphatic carbocycles. The number of ether oxygens (including phenoxy) is 2. The van der Waals surface area contributed by atoms with E-state index in [1.54, 1.807) is 41.5 Å². The van der Waals surface area contributed by atoms with Crippen molar-refractivity contribution in [2.24, 2.45) is 5.41 Å². The Morgan fingerprint density at radius 1 is 1.11 bits per heavy atom. The van der Waals surface area contributed by atoms with E-state index in [9.17, 15) is 14.7 Å². The fourth-order valence-corrected chi connectivity index (χ4v) is 1.46. The number of alkyl carbamates (subject to hydrolysis) is 1. The minimum atomic E-state index is -1.45. The van der Waals surface area contributed by atoms with Crippen molar-refractivity contribution in [3.8, 4) is 0 Å². The number of carbonyl (C=O) groups is 2. The molecule has 0 aromatic carbocycles. The maximum atomic E-state index is 11.7. The Kier molecular flexibility index (Phi) is 5.81. The van der Waals surface area contributed by atoms with E-state index < -0.39 is 35.2 Å². The van der Waals surface area contributed by atoms with Crippen LogP contribution in [0.2, 0.25) is 0 Å². The number of amides is 1. The van der Waals surface area contributed by atoms with Gasteiger partial charge in [-0.3, -0.25) is 0 Å². The average Bonchev–Trinajstić information content (AvgIpc) is 2.19. The lowest BCUT2D eigenvalue weighted by molar-refractivity contribution is -0.153. The Morgan fingerprint density at radius 3 is 1.89 bits per heavy atom.